The predicted octanol–water partition coefficient (Wildman–Crippen LogP) is 0.810. The molecule has 2 amide bonds. The van der Waals surface area contributed by atoms with Gasteiger partial charge in [0.2, 0.25) is 0 Å². The van der Waals surface area contributed by atoms with Crippen LogP contribution in [0.3, 0.4) is 0 Å². The number of nitrogens with zero attached hydrogens (tertiary/aromatic N) is 6. The van der Waals surface area contributed by atoms with Crippen LogP contribution in [0.15, 0.2) is 35.2 Å². The summed E-state index contributed by atoms with van der Waals surface area (Å²) in [5.41, 5.74) is 0.402. The van der Waals surface area contributed by atoms with E-state index in [2.05, 4.69) is 26.7 Å². The molecule has 2 aliphatic rings. The molecule has 0 unspecified atom stereocenters. The van der Waals surface area contributed by atoms with E-state index in [9.17, 15) is 9.59 Å². The van der Waals surface area contributed by atoms with Crippen molar-refractivity contribution in [1.29, 1.82) is 0 Å². The molecule has 0 radical (unpaired) electrons. The lowest BCUT2D eigenvalue weighted by atomic mass is 10.2. The Balaban J connectivity index is 1.36. The lowest BCUT2D eigenvalue weighted by Gasteiger charge is -2.35. The van der Waals surface area contributed by atoms with E-state index in [4.69, 9.17) is 4.42 Å². The third-order valence-electron chi connectivity index (χ3n) is 5.60. The minimum Gasteiger partial charge on any atom is -0.459 e. The molecule has 2 aromatic heterocycles. The van der Waals surface area contributed by atoms with Gasteiger partial charge in [-0.3, -0.25) is 9.59 Å². The van der Waals surface area contributed by atoms with Gasteiger partial charge in [0, 0.05) is 58.4 Å². The summed E-state index contributed by atoms with van der Waals surface area (Å²) >= 11 is 0. The number of rotatable bonds is 4. The molecule has 4 heterocycles. The molecular formula is C20H26N6O3. The second-order valence-electron chi connectivity index (χ2n) is 7.24. The first kappa shape index (κ1) is 19.4. The molecule has 9 nitrogen and oxygen atoms in total. The molecule has 4 rings (SSSR count). The van der Waals surface area contributed by atoms with Gasteiger partial charge in [-0.1, -0.05) is 6.92 Å². The maximum absolute atomic E-state index is 12.9. The van der Waals surface area contributed by atoms with Crippen molar-refractivity contribution >= 4 is 17.6 Å². The number of furan rings is 1. The summed E-state index contributed by atoms with van der Waals surface area (Å²) in [7, 11) is 0. The first-order chi connectivity index (χ1) is 14.2. The number of aromatic nitrogens is 2. The van der Waals surface area contributed by atoms with Crippen LogP contribution in [0.5, 0.6) is 0 Å². The molecule has 2 fully saturated rings. The average molecular weight is 398 g/mol. The van der Waals surface area contributed by atoms with Crippen LogP contribution < -0.4 is 4.90 Å². The molecule has 2 saturated heterocycles. The fourth-order valence-corrected chi connectivity index (χ4v) is 3.76. The van der Waals surface area contributed by atoms with Crippen molar-refractivity contribution in [1.82, 2.24) is 24.7 Å². The second-order valence-corrected chi connectivity index (χ2v) is 7.24. The van der Waals surface area contributed by atoms with Crippen LogP contribution in [0.4, 0.5) is 5.82 Å². The van der Waals surface area contributed by atoms with Gasteiger partial charge in [0.1, 0.15) is 17.8 Å². The zero-order chi connectivity index (χ0) is 20.2. The van der Waals surface area contributed by atoms with Crippen molar-refractivity contribution in [2.24, 2.45) is 0 Å². The van der Waals surface area contributed by atoms with E-state index >= 15 is 0 Å². The summed E-state index contributed by atoms with van der Waals surface area (Å²) in [5.74, 6) is 0.864. The summed E-state index contributed by atoms with van der Waals surface area (Å²) in [6.07, 6.45) is 2.95. The van der Waals surface area contributed by atoms with Gasteiger partial charge in [-0.2, -0.15) is 0 Å². The topological polar surface area (TPSA) is 86.0 Å². The zero-order valence-electron chi connectivity index (χ0n) is 16.7. The summed E-state index contributed by atoms with van der Waals surface area (Å²) in [6, 6.07) is 5.13. The quantitative estimate of drug-likeness (QED) is 0.753. The molecule has 154 valence electrons. The van der Waals surface area contributed by atoms with Gasteiger partial charge in [-0.05, 0) is 18.7 Å². The van der Waals surface area contributed by atoms with Crippen LogP contribution in [0.1, 0.15) is 28.0 Å². The van der Waals surface area contributed by atoms with Crippen molar-refractivity contribution in [3.05, 3.63) is 42.2 Å². The number of amides is 2. The first-order valence-electron chi connectivity index (χ1n) is 10.1. The van der Waals surface area contributed by atoms with Crippen LogP contribution in [-0.2, 0) is 0 Å². The van der Waals surface area contributed by atoms with E-state index in [0.717, 1.165) is 38.5 Å². The molecule has 29 heavy (non-hydrogen) atoms. The minimum absolute atomic E-state index is 0.119. The monoisotopic (exact) mass is 398 g/mol. The molecule has 0 aliphatic carbocycles. The van der Waals surface area contributed by atoms with Crippen molar-refractivity contribution in [2.45, 2.75) is 6.92 Å². The van der Waals surface area contributed by atoms with Crippen LogP contribution in [-0.4, -0.2) is 95.4 Å². The minimum atomic E-state index is -0.141. The number of anilines is 1. The van der Waals surface area contributed by atoms with Crippen molar-refractivity contribution in [2.75, 3.05) is 63.8 Å². The van der Waals surface area contributed by atoms with Crippen LogP contribution in [0.25, 0.3) is 0 Å². The third kappa shape index (κ3) is 4.24. The summed E-state index contributed by atoms with van der Waals surface area (Å²) in [4.78, 5) is 41.9. The number of hydrogen-bond acceptors (Lipinski definition) is 7. The largest absolute Gasteiger partial charge is 0.459 e. The van der Waals surface area contributed by atoms with E-state index in [0.29, 0.717) is 37.6 Å². The highest BCUT2D eigenvalue weighted by atomic mass is 16.3. The Kier molecular flexibility index (Phi) is 5.75. The Morgan fingerprint density at radius 1 is 0.966 bits per heavy atom. The normalized spacial score (nSPS) is 18.2. The number of piperazine rings is 2. The fourth-order valence-electron chi connectivity index (χ4n) is 3.76. The Labute approximate surface area is 169 Å². The van der Waals surface area contributed by atoms with E-state index < -0.39 is 0 Å². The van der Waals surface area contributed by atoms with Gasteiger partial charge in [0.25, 0.3) is 11.8 Å². The number of carbonyl (C=O) groups excluding carboxylic acids is 2. The average Bonchev–Trinajstić information content (AvgIpc) is 3.33. The number of hydrogen-bond donors (Lipinski definition) is 0. The molecule has 0 aromatic carbocycles. The number of carbonyl (C=O) groups is 2. The van der Waals surface area contributed by atoms with Gasteiger partial charge in [0.05, 0.1) is 6.26 Å². The molecule has 0 N–H and O–H groups in total. The maximum atomic E-state index is 12.9. The summed E-state index contributed by atoms with van der Waals surface area (Å²) in [6.45, 7) is 8.89. The molecule has 9 heteroatoms. The van der Waals surface area contributed by atoms with Gasteiger partial charge in [-0.25, -0.2) is 9.97 Å². The highest BCUT2D eigenvalue weighted by Gasteiger charge is 2.27. The van der Waals surface area contributed by atoms with E-state index in [1.165, 1.54) is 12.6 Å². The predicted molar refractivity (Wildman–Crippen MR) is 107 cm³/mol. The Morgan fingerprint density at radius 2 is 1.66 bits per heavy atom. The third-order valence-corrected chi connectivity index (χ3v) is 5.60. The first-order valence-corrected chi connectivity index (χ1v) is 10.1. The SMILES string of the molecule is CCN1CCN(c2cc(C(=O)N3CCN(C(=O)c4ccco4)CC3)ncn2)CC1. The lowest BCUT2D eigenvalue weighted by molar-refractivity contribution is 0.0515. The fraction of sp³-hybridized carbons (Fsp3) is 0.500. The summed E-state index contributed by atoms with van der Waals surface area (Å²) in [5, 5.41) is 0. The van der Waals surface area contributed by atoms with E-state index in [1.54, 1.807) is 28.0 Å². The highest BCUT2D eigenvalue weighted by Crippen LogP contribution is 2.16. The van der Waals surface area contributed by atoms with Gasteiger partial charge < -0.3 is 24.0 Å². The maximum Gasteiger partial charge on any atom is 0.289 e. The Bertz CT molecular complexity index is 840. The number of likely N-dealkylation sites (N-methyl/N-ethyl adjacent to an activating group) is 1. The second kappa shape index (κ2) is 8.60. The molecule has 2 aromatic rings. The smallest absolute Gasteiger partial charge is 0.289 e. The zero-order valence-corrected chi connectivity index (χ0v) is 16.7. The van der Waals surface area contributed by atoms with Gasteiger partial charge >= 0.3 is 0 Å². The van der Waals surface area contributed by atoms with Gasteiger partial charge in [0.15, 0.2) is 5.76 Å². The molecule has 0 atom stereocenters. The highest BCUT2D eigenvalue weighted by molar-refractivity contribution is 5.94. The van der Waals surface area contributed by atoms with Crippen LogP contribution in [0, 0.1) is 0 Å². The van der Waals surface area contributed by atoms with E-state index in [-0.39, 0.29) is 11.8 Å². The molecule has 2 aliphatic heterocycles. The molecule has 0 saturated carbocycles. The molecule has 0 bridgehead atoms. The van der Waals surface area contributed by atoms with Crippen molar-refractivity contribution in [3.63, 3.8) is 0 Å². The Hall–Kier alpha value is -2.94. The van der Waals surface area contributed by atoms with E-state index in [1.807, 2.05) is 0 Å². The van der Waals surface area contributed by atoms with Crippen molar-refractivity contribution in [3.8, 4) is 0 Å². The summed E-state index contributed by atoms with van der Waals surface area (Å²) < 4.78 is 5.18. The lowest BCUT2D eigenvalue weighted by Crippen LogP contribution is -2.50. The van der Waals surface area contributed by atoms with Crippen LogP contribution >= 0.6 is 0 Å². The standard InChI is InChI=1S/C20H26N6O3/c1-2-23-5-7-24(8-6-23)18-14-16(21-15-22-18)19(27)25-9-11-26(12-10-25)20(28)17-4-3-13-29-17/h3-4,13-15H,2,5-12H2,1H3. The van der Waals surface area contributed by atoms with Crippen LogP contribution in [0.2, 0.25) is 0 Å². The molecular weight excluding hydrogens is 372 g/mol. The Morgan fingerprint density at radius 3 is 2.28 bits per heavy atom. The van der Waals surface area contributed by atoms with Crippen molar-refractivity contribution < 1.29 is 14.0 Å². The molecule has 0 spiro atoms. The van der Waals surface area contributed by atoms with Gasteiger partial charge in [-0.15, -0.1) is 0 Å².